The first kappa shape index (κ1) is 12.4. The van der Waals surface area contributed by atoms with Crippen molar-refractivity contribution in [1.82, 2.24) is 4.98 Å². The average Bonchev–Trinajstić information content (AvgIpc) is 2.21. The fraction of sp³-hybridized carbons (Fsp3) is 0.400. The molecule has 1 N–H and O–H groups in total. The van der Waals surface area contributed by atoms with E-state index in [0.29, 0.717) is 0 Å². The number of hydrogen-bond donors (Lipinski definition) is 1. The molecular weight excluding hydrogens is 220 g/mol. The fourth-order valence-electron chi connectivity index (χ4n) is 1.14. The molecule has 0 fully saturated rings. The van der Waals surface area contributed by atoms with Crippen LogP contribution < -0.4 is 0 Å². The lowest BCUT2D eigenvalue weighted by atomic mass is 10.1. The lowest BCUT2D eigenvalue weighted by molar-refractivity contribution is 0.0507. The van der Waals surface area contributed by atoms with Gasteiger partial charge in [0.05, 0.1) is 17.9 Å². The second-order valence-corrected chi connectivity index (χ2v) is 3.05. The Labute approximate surface area is 90.9 Å². The van der Waals surface area contributed by atoms with Gasteiger partial charge in [0.25, 0.3) is 6.43 Å². The van der Waals surface area contributed by atoms with Crippen molar-refractivity contribution < 1.29 is 23.4 Å². The zero-order chi connectivity index (χ0) is 12.3. The van der Waals surface area contributed by atoms with Crippen LogP contribution in [0.5, 0.6) is 5.75 Å². The Balaban J connectivity index is 3.24. The van der Waals surface area contributed by atoms with Crippen LogP contribution in [0.1, 0.15) is 35.1 Å². The van der Waals surface area contributed by atoms with Crippen molar-refractivity contribution in [3.63, 3.8) is 0 Å². The maximum absolute atomic E-state index is 12.6. The van der Waals surface area contributed by atoms with E-state index in [4.69, 9.17) is 0 Å². The normalized spacial score (nSPS) is 10.6. The van der Waals surface area contributed by atoms with Gasteiger partial charge in [-0.2, -0.15) is 0 Å². The van der Waals surface area contributed by atoms with Gasteiger partial charge in [-0.3, -0.25) is 0 Å². The molecular formula is C10H11F2NO3. The lowest BCUT2D eigenvalue weighted by Gasteiger charge is -2.09. The Morgan fingerprint density at radius 3 is 2.75 bits per heavy atom. The van der Waals surface area contributed by atoms with Crippen molar-refractivity contribution >= 4 is 5.97 Å². The lowest BCUT2D eigenvalue weighted by Crippen LogP contribution is -2.12. The molecule has 0 unspecified atom stereocenters. The molecule has 0 aromatic carbocycles. The van der Waals surface area contributed by atoms with Crippen LogP contribution in [0.25, 0.3) is 0 Å². The topological polar surface area (TPSA) is 59.4 Å². The summed E-state index contributed by atoms with van der Waals surface area (Å²) in [5.74, 6) is -1.29. The smallest absolute Gasteiger partial charge is 0.357 e. The van der Waals surface area contributed by atoms with E-state index in [1.165, 1.54) is 6.92 Å². The second kappa shape index (κ2) is 4.87. The van der Waals surface area contributed by atoms with Crippen LogP contribution >= 0.6 is 0 Å². The maximum Gasteiger partial charge on any atom is 0.357 e. The third kappa shape index (κ3) is 2.44. The van der Waals surface area contributed by atoms with Gasteiger partial charge in [-0.15, -0.1) is 0 Å². The number of nitrogens with zero attached hydrogens (tertiary/aromatic N) is 1. The highest BCUT2D eigenvalue weighted by molar-refractivity contribution is 5.89. The molecule has 4 nitrogen and oxygen atoms in total. The molecule has 0 bridgehead atoms. The Bertz CT molecular complexity index is 407. The summed E-state index contributed by atoms with van der Waals surface area (Å²) < 4.78 is 29.8. The summed E-state index contributed by atoms with van der Waals surface area (Å²) in [4.78, 5) is 14.9. The highest BCUT2D eigenvalue weighted by Crippen LogP contribution is 2.27. The number of hydrogen-bond acceptors (Lipinski definition) is 4. The van der Waals surface area contributed by atoms with Crippen molar-refractivity contribution in [3.8, 4) is 5.75 Å². The van der Waals surface area contributed by atoms with Gasteiger partial charge in [-0.05, 0) is 19.9 Å². The van der Waals surface area contributed by atoms with Crippen LogP contribution in [-0.2, 0) is 4.74 Å². The molecule has 1 aromatic rings. The summed E-state index contributed by atoms with van der Waals surface area (Å²) in [6.07, 6.45) is -2.89. The highest BCUT2D eigenvalue weighted by Gasteiger charge is 2.22. The monoisotopic (exact) mass is 231 g/mol. The van der Waals surface area contributed by atoms with Crippen LogP contribution in [0.3, 0.4) is 0 Å². The summed E-state index contributed by atoms with van der Waals surface area (Å²) in [5.41, 5.74) is -0.971. The van der Waals surface area contributed by atoms with Gasteiger partial charge in [0.2, 0.25) is 0 Å². The number of alkyl halides is 2. The molecule has 1 heterocycles. The number of aromatic hydroxyl groups is 1. The Kier molecular flexibility index (Phi) is 3.76. The number of ether oxygens (including phenoxy) is 1. The number of pyridine rings is 1. The van der Waals surface area contributed by atoms with E-state index in [1.807, 2.05) is 0 Å². The first-order valence-electron chi connectivity index (χ1n) is 4.63. The van der Waals surface area contributed by atoms with E-state index in [0.717, 1.165) is 6.07 Å². The number of aryl methyl sites for hydroxylation is 1. The zero-order valence-electron chi connectivity index (χ0n) is 8.83. The van der Waals surface area contributed by atoms with E-state index in [1.54, 1.807) is 6.92 Å². The maximum atomic E-state index is 12.6. The molecule has 0 saturated heterocycles. The SMILES string of the molecule is CCOC(=O)c1nc(C)c(O)cc1C(F)F. The molecule has 0 spiro atoms. The number of carbonyl (C=O) groups is 1. The standard InChI is InChI=1S/C10H11F2NO3/c1-3-16-10(15)8-6(9(11)12)4-7(14)5(2)13-8/h4,9,14H,3H2,1-2H3. The molecule has 0 atom stereocenters. The molecule has 6 heteroatoms. The number of esters is 1. The Hall–Kier alpha value is -1.72. The van der Waals surface area contributed by atoms with Gasteiger partial charge in [0.1, 0.15) is 5.75 Å². The van der Waals surface area contributed by atoms with Gasteiger partial charge >= 0.3 is 5.97 Å². The summed E-state index contributed by atoms with van der Waals surface area (Å²) >= 11 is 0. The first-order chi connectivity index (χ1) is 7.47. The number of carbonyl (C=O) groups excluding carboxylic acids is 1. The van der Waals surface area contributed by atoms with Gasteiger partial charge < -0.3 is 9.84 Å². The second-order valence-electron chi connectivity index (χ2n) is 3.05. The van der Waals surface area contributed by atoms with Gasteiger partial charge in [0, 0.05) is 0 Å². The highest BCUT2D eigenvalue weighted by atomic mass is 19.3. The average molecular weight is 231 g/mol. The molecule has 88 valence electrons. The van der Waals surface area contributed by atoms with E-state index < -0.39 is 23.7 Å². The van der Waals surface area contributed by atoms with E-state index >= 15 is 0 Å². The van der Waals surface area contributed by atoms with Crippen molar-refractivity contribution in [2.75, 3.05) is 6.61 Å². The predicted octanol–water partition coefficient (Wildman–Crippen LogP) is 2.21. The summed E-state index contributed by atoms with van der Waals surface area (Å²) in [5, 5.41) is 9.24. The predicted molar refractivity (Wildman–Crippen MR) is 51.6 cm³/mol. The third-order valence-corrected chi connectivity index (χ3v) is 1.92. The van der Waals surface area contributed by atoms with E-state index in [-0.39, 0.29) is 18.1 Å². The van der Waals surface area contributed by atoms with Crippen molar-refractivity contribution in [2.24, 2.45) is 0 Å². The fourth-order valence-corrected chi connectivity index (χ4v) is 1.14. The van der Waals surface area contributed by atoms with Gasteiger partial charge in [0.15, 0.2) is 5.69 Å². The Morgan fingerprint density at radius 1 is 1.62 bits per heavy atom. The largest absolute Gasteiger partial charge is 0.506 e. The van der Waals surface area contributed by atoms with Crippen LogP contribution in [0, 0.1) is 6.92 Å². The summed E-state index contributed by atoms with van der Waals surface area (Å²) in [7, 11) is 0. The number of halogens is 2. The van der Waals surface area contributed by atoms with Gasteiger partial charge in [-0.25, -0.2) is 18.6 Å². The first-order valence-corrected chi connectivity index (χ1v) is 4.63. The van der Waals surface area contributed by atoms with E-state index in [2.05, 4.69) is 9.72 Å². The van der Waals surface area contributed by atoms with Crippen molar-refractivity contribution in [2.45, 2.75) is 20.3 Å². The van der Waals surface area contributed by atoms with Crippen LogP contribution in [0.4, 0.5) is 8.78 Å². The van der Waals surface area contributed by atoms with Crippen molar-refractivity contribution in [1.29, 1.82) is 0 Å². The molecule has 0 radical (unpaired) electrons. The summed E-state index contributed by atoms with van der Waals surface area (Å²) in [6, 6.07) is 0.833. The molecule has 0 aliphatic heterocycles. The van der Waals surface area contributed by atoms with Crippen LogP contribution in [-0.4, -0.2) is 22.7 Å². The molecule has 1 rings (SSSR count). The number of aromatic nitrogens is 1. The van der Waals surface area contributed by atoms with Crippen LogP contribution in [0.15, 0.2) is 6.07 Å². The third-order valence-electron chi connectivity index (χ3n) is 1.92. The number of rotatable bonds is 3. The minimum atomic E-state index is -2.89. The molecule has 0 aliphatic rings. The molecule has 16 heavy (non-hydrogen) atoms. The molecule has 0 amide bonds. The molecule has 1 aromatic heterocycles. The Morgan fingerprint density at radius 2 is 2.25 bits per heavy atom. The quantitative estimate of drug-likeness (QED) is 0.810. The molecule has 0 aliphatic carbocycles. The minimum Gasteiger partial charge on any atom is -0.506 e. The summed E-state index contributed by atoms with van der Waals surface area (Å²) in [6.45, 7) is 3.05. The van der Waals surface area contributed by atoms with E-state index in [9.17, 15) is 18.7 Å². The van der Waals surface area contributed by atoms with Crippen molar-refractivity contribution in [3.05, 3.63) is 23.0 Å². The zero-order valence-corrected chi connectivity index (χ0v) is 8.83. The molecule has 0 saturated carbocycles. The van der Waals surface area contributed by atoms with Crippen LogP contribution in [0.2, 0.25) is 0 Å². The minimum absolute atomic E-state index is 0.0725. The van der Waals surface area contributed by atoms with Gasteiger partial charge in [-0.1, -0.05) is 0 Å².